The smallest absolute Gasteiger partial charge is 0.133 e. The van der Waals surface area contributed by atoms with Gasteiger partial charge in [0.2, 0.25) is 0 Å². The molecule has 0 aliphatic carbocycles. The number of halogens is 1. The molecule has 0 unspecified atom stereocenters. The Morgan fingerprint density at radius 1 is 0.947 bits per heavy atom. The van der Waals surface area contributed by atoms with E-state index in [-0.39, 0.29) is 0 Å². The molecule has 0 saturated carbocycles. The zero-order valence-corrected chi connectivity index (χ0v) is 11.7. The Bertz CT molecular complexity index is 716. The molecule has 3 aromatic rings. The first kappa shape index (κ1) is 12.1. The Morgan fingerprint density at radius 3 is 2.32 bits per heavy atom. The summed E-state index contributed by atoms with van der Waals surface area (Å²) >= 11 is 6.50. The van der Waals surface area contributed by atoms with Crippen LogP contribution in [-0.4, -0.2) is 11.6 Å². The second-order valence-electron chi connectivity index (χ2n) is 4.61. The number of hydrogen-bond donors (Lipinski definition) is 0. The van der Waals surface area contributed by atoms with Crippen LogP contribution in [0.15, 0.2) is 54.6 Å². The van der Waals surface area contributed by atoms with Gasteiger partial charge in [-0.3, -0.25) is 0 Å². The minimum absolute atomic E-state index is 0.757. The van der Waals surface area contributed by atoms with Crippen molar-refractivity contribution in [3.05, 3.63) is 59.8 Å². The van der Waals surface area contributed by atoms with E-state index in [1.165, 1.54) is 5.39 Å². The lowest BCUT2D eigenvalue weighted by molar-refractivity contribution is 0.966. The van der Waals surface area contributed by atoms with E-state index >= 15 is 0 Å². The average molecular weight is 271 g/mol. The Morgan fingerprint density at radius 2 is 1.58 bits per heavy atom. The Kier molecular flexibility index (Phi) is 2.96. The molecule has 0 aliphatic rings. The first-order valence-electron chi connectivity index (χ1n) is 6.22. The van der Waals surface area contributed by atoms with E-state index in [1.54, 1.807) is 0 Å². The molecular weight excluding hydrogens is 256 g/mol. The molecule has 3 rings (SSSR count). The van der Waals surface area contributed by atoms with Crippen molar-refractivity contribution in [1.29, 1.82) is 0 Å². The van der Waals surface area contributed by atoms with Gasteiger partial charge in [0.25, 0.3) is 0 Å². The molecule has 2 nitrogen and oxygen atoms in total. The standard InChI is InChI=1S/C16H15ClN2/c1-18(12-8-4-3-5-9-12)15-13-10-6-7-11-14(13)19(2)16(15)17/h3-11H,1-2H3. The molecule has 2 aromatic carbocycles. The van der Waals surface area contributed by atoms with Gasteiger partial charge in [-0.2, -0.15) is 0 Å². The molecule has 0 amide bonds. The molecule has 0 N–H and O–H groups in total. The quantitative estimate of drug-likeness (QED) is 0.661. The van der Waals surface area contributed by atoms with Crippen molar-refractivity contribution in [1.82, 2.24) is 4.57 Å². The maximum atomic E-state index is 6.50. The van der Waals surface area contributed by atoms with Crippen LogP contribution in [0.1, 0.15) is 0 Å². The SMILES string of the molecule is CN(c1ccccc1)c1c(Cl)n(C)c2ccccc12. The first-order valence-corrected chi connectivity index (χ1v) is 6.59. The summed E-state index contributed by atoms with van der Waals surface area (Å²) in [4.78, 5) is 2.13. The van der Waals surface area contributed by atoms with Gasteiger partial charge in [0.05, 0.1) is 11.2 Å². The maximum Gasteiger partial charge on any atom is 0.133 e. The lowest BCUT2D eigenvalue weighted by Crippen LogP contribution is -2.09. The molecule has 0 saturated heterocycles. The number of benzene rings is 2. The minimum atomic E-state index is 0.757. The predicted octanol–water partition coefficient (Wildman–Crippen LogP) is 4.60. The molecular formula is C16H15ClN2. The van der Waals surface area contributed by atoms with Crippen LogP contribution in [0.5, 0.6) is 0 Å². The molecule has 0 radical (unpaired) electrons. The van der Waals surface area contributed by atoms with Crippen LogP contribution in [0.2, 0.25) is 5.15 Å². The highest BCUT2D eigenvalue weighted by molar-refractivity contribution is 6.35. The molecule has 96 valence electrons. The third-order valence-corrected chi connectivity index (χ3v) is 3.92. The zero-order valence-electron chi connectivity index (χ0n) is 11.0. The van der Waals surface area contributed by atoms with Gasteiger partial charge in [0, 0.05) is 25.2 Å². The van der Waals surface area contributed by atoms with Crippen LogP contribution in [0.3, 0.4) is 0 Å². The molecule has 3 heteroatoms. The van der Waals surface area contributed by atoms with Crippen molar-refractivity contribution in [2.45, 2.75) is 0 Å². The van der Waals surface area contributed by atoms with Gasteiger partial charge < -0.3 is 9.47 Å². The summed E-state index contributed by atoms with van der Waals surface area (Å²) in [5, 5.41) is 1.92. The molecule has 19 heavy (non-hydrogen) atoms. The van der Waals surface area contributed by atoms with Crippen molar-refractivity contribution in [3.8, 4) is 0 Å². The number of rotatable bonds is 2. The van der Waals surface area contributed by atoms with E-state index < -0.39 is 0 Å². The zero-order chi connectivity index (χ0) is 13.4. The molecule has 1 heterocycles. The van der Waals surface area contributed by atoms with Crippen LogP contribution in [0.25, 0.3) is 10.9 Å². The summed E-state index contributed by atoms with van der Waals surface area (Å²) in [6.45, 7) is 0. The number of hydrogen-bond acceptors (Lipinski definition) is 1. The fourth-order valence-corrected chi connectivity index (χ4v) is 2.76. The lowest BCUT2D eigenvalue weighted by Gasteiger charge is -2.19. The van der Waals surface area contributed by atoms with Gasteiger partial charge in [-0.25, -0.2) is 0 Å². The third-order valence-electron chi connectivity index (χ3n) is 3.49. The van der Waals surface area contributed by atoms with E-state index in [9.17, 15) is 0 Å². The van der Waals surface area contributed by atoms with Crippen molar-refractivity contribution in [2.24, 2.45) is 7.05 Å². The minimum Gasteiger partial charge on any atom is -0.342 e. The number of aryl methyl sites for hydroxylation is 1. The monoisotopic (exact) mass is 270 g/mol. The van der Waals surface area contributed by atoms with Crippen LogP contribution in [0.4, 0.5) is 11.4 Å². The van der Waals surface area contributed by atoms with Crippen LogP contribution in [0, 0.1) is 0 Å². The van der Waals surface area contributed by atoms with Gasteiger partial charge >= 0.3 is 0 Å². The van der Waals surface area contributed by atoms with Gasteiger partial charge in [-0.1, -0.05) is 48.0 Å². The molecule has 0 atom stereocenters. The summed E-state index contributed by atoms with van der Waals surface area (Å²) in [7, 11) is 4.04. The van der Waals surface area contributed by atoms with E-state index in [2.05, 4.69) is 29.2 Å². The van der Waals surface area contributed by atoms with Gasteiger partial charge in [0.1, 0.15) is 5.15 Å². The van der Waals surface area contributed by atoms with Gasteiger partial charge in [-0.15, -0.1) is 0 Å². The Labute approximate surface area is 117 Å². The highest BCUT2D eigenvalue weighted by Gasteiger charge is 2.17. The van der Waals surface area contributed by atoms with E-state index in [1.807, 2.05) is 49.0 Å². The van der Waals surface area contributed by atoms with E-state index in [0.717, 1.165) is 22.0 Å². The number of para-hydroxylation sites is 2. The van der Waals surface area contributed by atoms with Crippen molar-refractivity contribution in [2.75, 3.05) is 11.9 Å². The average Bonchev–Trinajstić information content (AvgIpc) is 2.72. The summed E-state index contributed by atoms with van der Waals surface area (Å²) in [6.07, 6.45) is 0. The number of anilines is 2. The van der Waals surface area contributed by atoms with Gasteiger partial charge in [-0.05, 0) is 18.2 Å². The van der Waals surface area contributed by atoms with Crippen LogP contribution < -0.4 is 4.90 Å². The second-order valence-corrected chi connectivity index (χ2v) is 4.97. The van der Waals surface area contributed by atoms with E-state index in [0.29, 0.717) is 0 Å². The maximum absolute atomic E-state index is 6.50. The normalized spacial score (nSPS) is 10.9. The number of aromatic nitrogens is 1. The lowest BCUT2D eigenvalue weighted by atomic mass is 10.2. The Hall–Kier alpha value is -1.93. The fraction of sp³-hybridized carbons (Fsp3) is 0.125. The topological polar surface area (TPSA) is 8.17 Å². The van der Waals surface area contributed by atoms with Crippen LogP contribution >= 0.6 is 11.6 Å². The molecule has 0 spiro atoms. The number of nitrogens with zero attached hydrogens (tertiary/aromatic N) is 2. The molecule has 0 bridgehead atoms. The molecule has 0 aliphatic heterocycles. The summed E-state index contributed by atoms with van der Waals surface area (Å²) in [5.74, 6) is 0. The van der Waals surface area contributed by atoms with Crippen LogP contribution in [-0.2, 0) is 7.05 Å². The van der Waals surface area contributed by atoms with Crippen molar-refractivity contribution < 1.29 is 0 Å². The highest BCUT2D eigenvalue weighted by atomic mass is 35.5. The Balaban J connectivity index is 2.23. The fourth-order valence-electron chi connectivity index (χ4n) is 2.44. The van der Waals surface area contributed by atoms with Gasteiger partial charge in [0.15, 0.2) is 0 Å². The van der Waals surface area contributed by atoms with E-state index in [4.69, 9.17) is 11.6 Å². The largest absolute Gasteiger partial charge is 0.342 e. The predicted molar refractivity (Wildman–Crippen MR) is 82.4 cm³/mol. The first-order chi connectivity index (χ1) is 9.20. The second kappa shape index (κ2) is 4.63. The van der Waals surface area contributed by atoms with Crippen molar-refractivity contribution in [3.63, 3.8) is 0 Å². The number of fused-ring (bicyclic) bond motifs is 1. The third kappa shape index (κ3) is 1.89. The summed E-state index contributed by atoms with van der Waals surface area (Å²) < 4.78 is 2.02. The molecule has 0 fully saturated rings. The highest BCUT2D eigenvalue weighted by Crippen LogP contribution is 2.39. The van der Waals surface area contributed by atoms with Crippen molar-refractivity contribution >= 4 is 33.9 Å². The summed E-state index contributed by atoms with van der Waals surface area (Å²) in [5.41, 5.74) is 3.32. The summed E-state index contributed by atoms with van der Waals surface area (Å²) in [6, 6.07) is 18.5. The molecule has 1 aromatic heterocycles.